The summed E-state index contributed by atoms with van der Waals surface area (Å²) < 4.78 is 34.6. The van der Waals surface area contributed by atoms with Crippen LogP contribution in [0, 0.1) is 17.7 Å². The minimum Gasteiger partial charge on any atom is -0.497 e. The maximum absolute atomic E-state index is 15.1. The van der Waals surface area contributed by atoms with Crippen LogP contribution in [0.1, 0.15) is 74.0 Å². The Hall–Kier alpha value is -2.69. The first-order valence-corrected chi connectivity index (χ1v) is 11.8. The van der Waals surface area contributed by atoms with Crippen molar-refractivity contribution in [1.82, 2.24) is 0 Å². The third-order valence-electron chi connectivity index (χ3n) is 7.34. The first kappa shape index (κ1) is 23.5. The standard InChI is InChI=1S/C28H32F2O3/c1-28(30,27(31)32)26(21-12-13-21)22-5-3-4-19(16-22)7-6-18-8-10-20(11-9-18)24-17-23(33-2)14-15-25(24)29/h3-7,14-18,20-21,26H,8-13H2,1-2H3,(H,31,32)/b7-6+. The minimum absolute atomic E-state index is 0.0858. The molecule has 0 saturated heterocycles. The van der Waals surface area contributed by atoms with Crippen molar-refractivity contribution in [1.29, 1.82) is 0 Å². The molecule has 2 saturated carbocycles. The Morgan fingerprint density at radius 3 is 2.48 bits per heavy atom. The summed E-state index contributed by atoms with van der Waals surface area (Å²) in [4.78, 5) is 11.6. The summed E-state index contributed by atoms with van der Waals surface area (Å²) in [6, 6.07) is 12.6. The molecule has 176 valence electrons. The number of allylic oxidation sites excluding steroid dienone is 1. The van der Waals surface area contributed by atoms with Gasteiger partial charge in [-0.05, 0) is 98.1 Å². The van der Waals surface area contributed by atoms with Crippen LogP contribution in [-0.2, 0) is 4.79 Å². The number of carboxylic acids is 1. The summed E-state index contributed by atoms with van der Waals surface area (Å²) >= 11 is 0. The molecule has 1 N–H and O–H groups in total. The fraction of sp³-hybridized carbons (Fsp3) is 0.464. The lowest BCUT2D eigenvalue weighted by Gasteiger charge is -2.28. The van der Waals surface area contributed by atoms with Crippen LogP contribution in [0.15, 0.2) is 48.5 Å². The molecular formula is C28H32F2O3. The summed E-state index contributed by atoms with van der Waals surface area (Å²) in [6.45, 7) is 1.18. The largest absolute Gasteiger partial charge is 0.497 e. The van der Waals surface area contributed by atoms with E-state index in [0.717, 1.165) is 55.2 Å². The van der Waals surface area contributed by atoms with Crippen LogP contribution in [0.25, 0.3) is 6.08 Å². The van der Waals surface area contributed by atoms with E-state index in [2.05, 4.69) is 12.2 Å². The molecular weight excluding hydrogens is 422 g/mol. The summed E-state index contributed by atoms with van der Waals surface area (Å²) in [6.07, 6.45) is 9.77. The highest BCUT2D eigenvalue weighted by Gasteiger charge is 2.50. The molecule has 2 fully saturated rings. The smallest absolute Gasteiger partial charge is 0.341 e. The molecule has 0 aromatic heterocycles. The van der Waals surface area contributed by atoms with Gasteiger partial charge in [0.05, 0.1) is 7.11 Å². The number of benzene rings is 2. The predicted molar refractivity (Wildman–Crippen MR) is 126 cm³/mol. The van der Waals surface area contributed by atoms with Gasteiger partial charge in [-0.1, -0.05) is 36.4 Å². The van der Waals surface area contributed by atoms with Crippen molar-refractivity contribution in [3.8, 4) is 5.75 Å². The summed E-state index contributed by atoms with van der Waals surface area (Å²) in [5, 5.41) is 9.42. The van der Waals surface area contributed by atoms with Gasteiger partial charge in [0.15, 0.2) is 0 Å². The van der Waals surface area contributed by atoms with Crippen molar-refractivity contribution in [3.05, 3.63) is 71.0 Å². The number of rotatable bonds is 8. The number of hydrogen-bond acceptors (Lipinski definition) is 2. The molecule has 2 aromatic rings. The average molecular weight is 455 g/mol. The molecule has 2 aromatic carbocycles. The van der Waals surface area contributed by atoms with Crippen LogP contribution >= 0.6 is 0 Å². The monoisotopic (exact) mass is 454 g/mol. The molecule has 0 heterocycles. The molecule has 0 bridgehead atoms. The molecule has 0 aliphatic heterocycles. The van der Waals surface area contributed by atoms with Crippen molar-refractivity contribution in [2.24, 2.45) is 11.8 Å². The molecule has 4 rings (SSSR count). The minimum atomic E-state index is -2.28. The molecule has 5 heteroatoms. The lowest BCUT2D eigenvalue weighted by molar-refractivity contribution is -0.151. The molecule has 0 spiro atoms. The molecule has 2 aliphatic rings. The third-order valence-corrected chi connectivity index (χ3v) is 7.34. The first-order chi connectivity index (χ1) is 15.8. The highest BCUT2D eigenvalue weighted by Crippen LogP contribution is 2.50. The normalized spacial score (nSPS) is 23.8. The Labute approximate surface area is 194 Å². The molecule has 0 amide bonds. The molecule has 2 aliphatic carbocycles. The van der Waals surface area contributed by atoms with Gasteiger partial charge in [0.2, 0.25) is 5.67 Å². The predicted octanol–water partition coefficient (Wildman–Crippen LogP) is 7.13. The van der Waals surface area contributed by atoms with Gasteiger partial charge in [0.25, 0.3) is 0 Å². The first-order valence-electron chi connectivity index (χ1n) is 11.8. The second-order valence-corrected chi connectivity index (χ2v) is 9.72. The van der Waals surface area contributed by atoms with Crippen molar-refractivity contribution < 1.29 is 23.4 Å². The van der Waals surface area contributed by atoms with Crippen LogP contribution in [-0.4, -0.2) is 23.9 Å². The van der Waals surface area contributed by atoms with Crippen molar-refractivity contribution in [2.45, 2.75) is 63.0 Å². The van der Waals surface area contributed by atoms with E-state index >= 15 is 4.39 Å². The van der Waals surface area contributed by atoms with Crippen LogP contribution < -0.4 is 4.74 Å². The summed E-state index contributed by atoms with van der Waals surface area (Å²) in [5.74, 6) is -0.819. The van der Waals surface area contributed by atoms with Crippen LogP contribution in [0.4, 0.5) is 8.78 Å². The Kier molecular flexibility index (Phi) is 6.87. The highest BCUT2D eigenvalue weighted by molar-refractivity contribution is 5.78. The number of aliphatic carboxylic acids is 1. The van der Waals surface area contributed by atoms with E-state index < -0.39 is 17.6 Å². The number of methoxy groups -OCH3 is 1. The topological polar surface area (TPSA) is 46.5 Å². The average Bonchev–Trinajstić information content (AvgIpc) is 3.63. The maximum atomic E-state index is 15.1. The molecule has 0 radical (unpaired) electrons. The number of carboxylic acid groups (broad SMARTS) is 1. The summed E-state index contributed by atoms with van der Waals surface area (Å²) in [7, 11) is 1.59. The van der Waals surface area contributed by atoms with Crippen LogP contribution in [0.5, 0.6) is 5.75 Å². The van der Waals surface area contributed by atoms with Gasteiger partial charge in [0, 0.05) is 5.92 Å². The lowest BCUT2D eigenvalue weighted by Crippen LogP contribution is -2.38. The highest BCUT2D eigenvalue weighted by atomic mass is 19.1. The van der Waals surface area contributed by atoms with E-state index in [0.29, 0.717) is 11.7 Å². The molecule has 2 atom stereocenters. The van der Waals surface area contributed by atoms with E-state index in [9.17, 15) is 14.3 Å². The number of alkyl halides is 1. The lowest BCUT2D eigenvalue weighted by atomic mass is 9.78. The Bertz CT molecular complexity index is 1020. The Balaban J connectivity index is 1.42. The van der Waals surface area contributed by atoms with E-state index in [1.807, 2.05) is 30.3 Å². The zero-order chi connectivity index (χ0) is 23.6. The van der Waals surface area contributed by atoms with E-state index in [-0.39, 0.29) is 17.7 Å². The maximum Gasteiger partial charge on any atom is 0.341 e. The van der Waals surface area contributed by atoms with Gasteiger partial charge in [-0.25, -0.2) is 13.6 Å². The zero-order valence-corrected chi connectivity index (χ0v) is 19.3. The fourth-order valence-corrected chi connectivity index (χ4v) is 5.28. The van der Waals surface area contributed by atoms with E-state index in [1.54, 1.807) is 13.2 Å². The van der Waals surface area contributed by atoms with Gasteiger partial charge >= 0.3 is 5.97 Å². The van der Waals surface area contributed by atoms with Crippen molar-refractivity contribution >= 4 is 12.0 Å². The Morgan fingerprint density at radius 1 is 1.12 bits per heavy atom. The Morgan fingerprint density at radius 2 is 1.85 bits per heavy atom. The second-order valence-electron chi connectivity index (χ2n) is 9.72. The number of hydrogen-bond donors (Lipinski definition) is 1. The molecule has 3 nitrogen and oxygen atoms in total. The zero-order valence-electron chi connectivity index (χ0n) is 19.3. The SMILES string of the molecule is COc1ccc(F)c(C2CCC(/C=C/c3cccc(C(C4CC4)C(C)(F)C(=O)O)c3)CC2)c1. The van der Waals surface area contributed by atoms with E-state index in [4.69, 9.17) is 4.74 Å². The van der Waals surface area contributed by atoms with Crippen LogP contribution in [0.3, 0.4) is 0 Å². The van der Waals surface area contributed by atoms with Gasteiger partial charge in [-0.2, -0.15) is 0 Å². The quantitative estimate of drug-likeness (QED) is 0.462. The molecule has 2 unspecified atom stereocenters. The molecule has 33 heavy (non-hydrogen) atoms. The van der Waals surface area contributed by atoms with Crippen molar-refractivity contribution in [2.75, 3.05) is 7.11 Å². The van der Waals surface area contributed by atoms with Gasteiger partial charge < -0.3 is 9.84 Å². The number of halogens is 2. The fourth-order valence-electron chi connectivity index (χ4n) is 5.28. The second kappa shape index (κ2) is 9.66. The number of ether oxygens (including phenoxy) is 1. The third kappa shape index (κ3) is 5.29. The van der Waals surface area contributed by atoms with Crippen molar-refractivity contribution in [3.63, 3.8) is 0 Å². The van der Waals surface area contributed by atoms with Gasteiger partial charge in [0.1, 0.15) is 11.6 Å². The van der Waals surface area contributed by atoms with Gasteiger partial charge in [-0.3, -0.25) is 0 Å². The van der Waals surface area contributed by atoms with Crippen LogP contribution in [0.2, 0.25) is 0 Å². The van der Waals surface area contributed by atoms with Gasteiger partial charge in [-0.15, -0.1) is 0 Å². The van der Waals surface area contributed by atoms with E-state index in [1.165, 1.54) is 13.0 Å². The summed E-state index contributed by atoms with van der Waals surface area (Å²) in [5.41, 5.74) is 0.171. The number of carbonyl (C=O) groups is 1.